The van der Waals surface area contributed by atoms with E-state index in [-0.39, 0.29) is 11.8 Å². The van der Waals surface area contributed by atoms with Crippen molar-refractivity contribution in [3.05, 3.63) is 126 Å². The highest BCUT2D eigenvalue weighted by atomic mass is 35.5. The van der Waals surface area contributed by atoms with Crippen molar-refractivity contribution in [2.75, 3.05) is 10.6 Å². The molecular weight excluding hydrogens is 472 g/mol. The molecule has 0 aliphatic carbocycles. The lowest BCUT2D eigenvalue weighted by Crippen LogP contribution is -2.12. The van der Waals surface area contributed by atoms with E-state index >= 15 is 0 Å². The first-order chi connectivity index (χ1) is 17.5. The van der Waals surface area contributed by atoms with E-state index < -0.39 is 0 Å². The highest BCUT2D eigenvalue weighted by Crippen LogP contribution is 2.25. The van der Waals surface area contributed by atoms with Crippen molar-refractivity contribution in [1.82, 2.24) is 0 Å². The van der Waals surface area contributed by atoms with Gasteiger partial charge in [0.05, 0.1) is 0 Å². The zero-order valence-electron chi connectivity index (χ0n) is 19.1. The van der Waals surface area contributed by atoms with Gasteiger partial charge in [-0.15, -0.1) is 0 Å². The Hall–Kier alpha value is -4.61. The maximum Gasteiger partial charge on any atom is 0.255 e. The van der Waals surface area contributed by atoms with Gasteiger partial charge in [-0.3, -0.25) is 9.59 Å². The first-order valence-electron chi connectivity index (χ1n) is 11.3. The van der Waals surface area contributed by atoms with E-state index in [1.807, 2.05) is 60.7 Å². The van der Waals surface area contributed by atoms with E-state index in [1.165, 1.54) is 6.08 Å². The van der Waals surface area contributed by atoms with Crippen LogP contribution in [-0.2, 0) is 4.79 Å². The Morgan fingerprint density at radius 1 is 0.750 bits per heavy atom. The molecular formula is C30H21ClN2O3. The highest BCUT2D eigenvalue weighted by Gasteiger charge is 2.09. The van der Waals surface area contributed by atoms with Gasteiger partial charge in [-0.05, 0) is 78.2 Å². The summed E-state index contributed by atoms with van der Waals surface area (Å²) in [4.78, 5) is 25.1. The van der Waals surface area contributed by atoms with Gasteiger partial charge in [0.1, 0.15) is 11.5 Å². The van der Waals surface area contributed by atoms with Gasteiger partial charge in [-0.1, -0.05) is 48.0 Å². The smallest absolute Gasteiger partial charge is 0.255 e. The number of carbonyl (C=O) groups excluding carboxylic acids is 2. The summed E-state index contributed by atoms with van der Waals surface area (Å²) in [5, 5.41) is 8.42. The standard InChI is InChI=1S/C30H21ClN2O3/c31-23-12-8-21(9-13-23)28-18-16-25(36-28)17-19-29(34)32-24-14-10-22(11-15-24)30(35)33-27-7-3-5-20-4-1-2-6-26(20)27/h1-19H,(H,32,34)(H,33,35)/b19-17+. The number of halogens is 1. The lowest BCUT2D eigenvalue weighted by Gasteiger charge is -2.09. The van der Waals surface area contributed by atoms with Gasteiger partial charge in [0.15, 0.2) is 0 Å². The number of hydrogen-bond acceptors (Lipinski definition) is 3. The number of hydrogen-bond donors (Lipinski definition) is 2. The summed E-state index contributed by atoms with van der Waals surface area (Å²) in [6.07, 6.45) is 2.99. The maximum absolute atomic E-state index is 12.7. The predicted octanol–water partition coefficient (Wildman–Crippen LogP) is 7.66. The van der Waals surface area contributed by atoms with Crippen molar-refractivity contribution in [2.24, 2.45) is 0 Å². The molecule has 0 spiro atoms. The Balaban J connectivity index is 1.19. The van der Waals surface area contributed by atoms with Crippen molar-refractivity contribution >= 4 is 51.6 Å². The summed E-state index contributed by atoms with van der Waals surface area (Å²) in [6, 6.07) is 31.3. The normalized spacial score (nSPS) is 11.0. The number of anilines is 2. The van der Waals surface area contributed by atoms with Crippen LogP contribution in [0.4, 0.5) is 11.4 Å². The monoisotopic (exact) mass is 492 g/mol. The van der Waals surface area contributed by atoms with Gasteiger partial charge in [-0.25, -0.2) is 0 Å². The summed E-state index contributed by atoms with van der Waals surface area (Å²) < 4.78 is 5.77. The number of fused-ring (bicyclic) bond motifs is 1. The molecule has 1 heterocycles. The fourth-order valence-electron chi connectivity index (χ4n) is 3.79. The molecule has 36 heavy (non-hydrogen) atoms. The lowest BCUT2D eigenvalue weighted by atomic mass is 10.1. The van der Waals surface area contributed by atoms with Crippen LogP contribution in [0.25, 0.3) is 28.2 Å². The average Bonchev–Trinajstić information content (AvgIpc) is 3.38. The highest BCUT2D eigenvalue weighted by molar-refractivity contribution is 6.30. The fourth-order valence-corrected chi connectivity index (χ4v) is 3.91. The molecule has 176 valence electrons. The molecule has 0 saturated carbocycles. The molecule has 5 rings (SSSR count). The number of rotatable bonds is 6. The van der Waals surface area contributed by atoms with E-state index in [4.69, 9.17) is 16.0 Å². The molecule has 0 aliphatic heterocycles. The van der Waals surface area contributed by atoms with Gasteiger partial charge in [0.2, 0.25) is 5.91 Å². The van der Waals surface area contributed by atoms with Gasteiger partial charge in [0.25, 0.3) is 5.91 Å². The molecule has 0 saturated heterocycles. The maximum atomic E-state index is 12.7. The summed E-state index contributed by atoms with van der Waals surface area (Å²) in [7, 11) is 0. The number of carbonyl (C=O) groups is 2. The van der Waals surface area contributed by atoms with E-state index in [2.05, 4.69) is 10.6 Å². The SMILES string of the molecule is O=C(/C=C/c1ccc(-c2ccc(Cl)cc2)o1)Nc1ccc(C(=O)Nc2cccc3ccccc23)cc1. The third kappa shape index (κ3) is 5.37. The van der Waals surface area contributed by atoms with Crippen molar-refractivity contribution in [3.63, 3.8) is 0 Å². The van der Waals surface area contributed by atoms with E-state index in [0.29, 0.717) is 27.8 Å². The second kappa shape index (κ2) is 10.3. The molecule has 2 amide bonds. The Morgan fingerprint density at radius 2 is 1.50 bits per heavy atom. The molecule has 5 aromatic rings. The fraction of sp³-hybridized carbons (Fsp3) is 0. The molecule has 0 radical (unpaired) electrons. The third-order valence-corrected chi connectivity index (χ3v) is 5.86. The van der Waals surface area contributed by atoms with Gasteiger partial charge < -0.3 is 15.1 Å². The molecule has 6 heteroatoms. The van der Waals surface area contributed by atoms with Gasteiger partial charge in [-0.2, -0.15) is 0 Å². The second-order valence-corrected chi connectivity index (χ2v) is 8.53. The quantitative estimate of drug-likeness (QED) is 0.239. The van der Waals surface area contributed by atoms with Crippen molar-refractivity contribution in [2.45, 2.75) is 0 Å². The van der Waals surface area contributed by atoms with Crippen molar-refractivity contribution in [3.8, 4) is 11.3 Å². The average molecular weight is 493 g/mol. The minimum absolute atomic E-state index is 0.224. The summed E-state index contributed by atoms with van der Waals surface area (Å²) >= 11 is 5.93. The van der Waals surface area contributed by atoms with Crippen LogP contribution in [0.2, 0.25) is 5.02 Å². The molecule has 0 unspecified atom stereocenters. The van der Waals surface area contributed by atoms with E-state index in [1.54, 1.807) is 48.5 Å². The first-order valence-corrected chi connectivity index (χ1v) is 11.7. The zero-order chi connectivity index (χ0) is 24.9. The van der Waals surface area contributed by atoms with Crippen LogP contribution in [0, 0.1) is 0 Å². The van der Waals surface area contributed by atoms with Crippen LogP contribution in [-0.4, -0.2) is 11.8 Å². The number of amides is 2. The first kappa shape index (κ1) is 23.1. The van der Waals surface area contributed by atoms with Crippen molar-refractivity contribution in [1.29, 1.82) is 0 Å². The Morgan fingerprint density at radius 3 is 2.31 bits per heavy atom. The Bertz CT molecular complexity index is 1560. The number of nitrogens with one attached hydrogen (secondary N) is 2. The molecule has 1 aromatic heterocycles. The second-order valence-electron chi connectivity index (χ2n) is 8.09. The minimum atomic E-state index is -0.313. The van der Waals surface area contributed by atoms with E-state index in [0.717, 1.165) is 22.0 Å². The molecule has 2 N–H and O–H groups in total. The predicted molar refractivity (Wildman–Crippen MR) is 145 cm³/mol. The largest absolute Gasteiger partial charge is 0.457 e. The van der Waals surface area contributed by atoms with Gasteiger partial charge >= 0.3 is 0 Å². The molecule has 0 fully saturated rings. The molecule has 0 atom stereocenters. The molecule has 0 aliphatic rings. The summed E-state index contributed by atoms with van der Waals surface area (Å²) in [6.45, 7) is 0. The number of furan rings is 1. The lowest BCUT2D eigenvalue weighted by molar-refractivity contribution is -0.111. The van der Waals surface area contributed by atoms with Crippen LogP contribution in [0.15, 0.2) is 114 Å². The third-order valence-electron chi connectivity index (χ3n) is 5.61. The molecule has 4 aromatic carbocycles. The van der Waals surface area contributed by atoms with E-state index in [9.17, 15) is 9.59 Å². The summed E-state index contributed by atoms with van der Waals surface area (Å²) in [5.41, 5.74) is 2.71. The Kier molecular flexibility index (Phi) is 6.65. The van der Waals surface area contributed by atoms with Gasteiger partial charge in [0, 0.05) is 39.0 Å². The van der Waals surface area contributed by atoms with Crippen LogP contribution in [0.5, 0.6) is 0 Å². The van der Waals surface area contributed by atoms with Crippen LogP contribution < -0.4 is 10.6 Å². The zero-order valence-corrected chi connectivity index (χ0v) is 19.8. The topological polar surface area (TPSA) is 71.3 Å². The van der Waals surface area contributed by atoms with Crippen molar-refractivity contribution < 1.29 is 14.0 Å². The molecule has 5 nitrogen and oxygen atoms in total. The Labute approximate surface area is 213 Å². The number of benzene rings is 4. The van der Waals surface area contributed by atoms with Crippen LogP contribution >= 0.6 is 11.6 Å². The molecule has 0 bridgehead atoms. The van der Waals surface area contributed by atoms with Crippen LogP contribution in [0.3, 0.4) is 0 Å². The summed E-state index contributed by atoms with van der Waals surface area (Å²) in [5.74, 6) is 0.700. The minimum Gasteiger partial charge on any atom is -0.457 e. The van der Waals surface area contributed by atoms with Crippen LogP contribution in [0.1, 0.15) is 16.1 Å².